The Hall–Kier alpha value is -1.87. The molecule has 1 N–H and O–H groups in total. The largest absolute Gasteiger partial charge is 0.322 e. The van der Waals surface area contributed by atoms with Crippen LogP contribution in [0.3, 0.4) is 0 Å². The van der Waals surface area contributed by atoms with Gasteiger partial charge in [-0.25, -0.2) is 4.98 Å². The lowest BCUT2D eigenvalue weighted by Gasteiger charge is -2.08. The number of halogens is 1. The van der Waals surface area contributed by atoms with Gasteiger partial charge in [-0.2, -0.15) is 0 Å². The zero-order chi connectivity index (χ0) is 15.2. The molecule has 2 aromatic rings. The van der Waals surface area contributed by atoms with Crippen LogP contribution in [-0.4, -0.2) is 10.9 Å². The molecule has 0 bridgehead atoms. The van der Waals surface area contributed by atoms with Crippen molar-refractivity contribution in [2.75, 3.05) is 5.32 Å². The Bertz CT molecular complexity index is 623. The molecule has 4 heteroatoms. The number of hydrogen-bond acceptors (Lipinski definition) is 2. The number of benzene rings is 1. The summed E-state index contributed by atoms with van der Waals surface area (Å²) in [4.78, 5) is 16.4. The van der Waals surface area contributed by atoms with Gasteiger partial charge >= 0.3 is 0 Å². The van der Waals surface area contributed by atoms with Gasteiger partial charge in [-0.1, -0.05) is 44.0 Å². The van der Waals surface area contributed by atoms with Crippen LogP contribution in [0.4, 0.5) is 5.69 Å². The molecule has 1 amide bonds. The van der Waals surface area contributed by atoms with E-state index in [1.54, 1.807) is 12.1 Å². The maximum atomic E-state index is 12.2. The third kappa shape index (κ3) is 4.30. The van der Waals surface area contributed by atoms with E-state index in [0.717, 1.165) is 30.6 Å². The second kappa shape index (κ2) is 7.23. The van der Waals surface area contributed by atoms with Crippen molar-refractivity contribution >= 4 is 23.2 Å². The summed E-state index contributed by atoms with van der Waals surface area (Å²) in [6.45, 7) is 4.13. The van der Waals surface area contributed by atoms with E-state index in [4.69, 9.17) is 11.6 Å². The molecule has 0 saturated heterocycles. The fraction of sp³-hybridized carbons (Fsp3) is 0.294. The van der Waals surface area contributed by atoms with Crippen molar-refractivity contribution in [3.8, 4) is 0 Å². The summed E-state index contributed by atoms with van der Waals surface area (Å²) < 4.78 is 0. The van der Waals surface area contributed by atoms with Gasteiger partial charge in [0, 0.05) is 16.9 Å². The fourth-order valence-electron chi connectivity index (χ4n) is 2.11. The van der Waals surface area contributed by atoms with Gasteiger partial charge in [0.2, 0.25) is 0 Å². The van der Waals surface area contributed by atoms with Crippen molar-refractivity contribution in [1.29, 1.82) is 0 Å². The van der Waals surface area contributed by atoms with Crippen LogP contribution in [-0.2, 0) is 12.8 Å². The van der Waals surface area contributed by atoms with Gasteiger partial charge in [-0.15, -0.1) is 0 Å². The van der Waals surface area contributed by atoms with E-state index in [2.05, 4.69) is 17.2 Å². The Morgan fingerprint density at radius 3 is 2.52 bits per heavy atom. The van der Waals surface area contributed by atoms with Gasteiger partial charge in [0.15, 0.2) is 0 Å². The summed E-state index contributed by atoms with van der Waals surface area (Å²) in [5.74, 6) is -0.169. The topological polar surface area (TPSA) is 42.0 Å². The highest BCUT2D eigenvalue weighted by atomic mass is 35.5. The van der Waals surface area contributed by atoms with Crippen molar-refractivity contribution in [1.82, 2.24) is 4.98 Å². The van der Waals surface area contributed by atoms with E-state index >= 15 is 0 Å². The number of carbonyl (C=O) groups excluding carboxylic acids is 1. The lowest BCUT2D eigenvalue weighted by molar-refractivity contribution is 0.102. The molecule has 2 rings (SSSR count). The molecule has 1 aromatic carbocycles. The van der Waals surface area contributed by atoms with E-state index in [1.807, 2.05) is 31.2 Å². The van der Waals surface area contributed by atoms with Gasteiger partial charge in [0.1, 0.15) is 5.15 Å². The standard InChI is InChI=1S/C17H19ClN2O/c1-3-5-12-6-8-15(9-7-12)20-17(21)13-10-14(4-2)19-16(18)11-13/h6-11H,3-5H2,1-2H3,(H,20,21). The quantitative estimate of drug-likeness (QED) is 0.826. The van der Waals surface area contributed by atoms with Gasteiger partial charge in [0.05, 0.1) is 0 Å². The molecule has 0 aliphatic rings. The van der Waals surface area contributed by atoms with Crippen LogP contribution in [0.1, 0.15) is 41.9 Å². The molecular weight excluding hydrogens is 284 g/mol. The highest BCUT2D eigenvalue weighted by Crippen LogP contribution is 2.15. The van der Waals surface area contributed by atoms with Crippen LogP contribution in [0.25, 0.3) is 0 Å². The average Bonchev–Trinajstić information content (AvgIpc) is 2.48. The lowest BCUT2D eigenvalue weighted by Crippen LogP contribution is -2.12. The fourth-order valence-corrected chi connectivity index (χ4v) is 2.34. The number of anilines is 1. The smallest absolute Gasteiger partial charge is 0.255 e. The summed E-state index contributed by atoms with van der Waals surface area (Å²) in [6.07, 6.45) is 2.90. The van der Waals surface area contributed by atoms with Crippen molar-refractivity contribution in [2.45, 2.75) is 33.1 Å². The van der Waals surface area contributed by atoms with Gasteiger partial charge in [-0.3, -0.25) is 4.79 Å². The summed E-state index contributed by atoms with van der Waals surface area (Å²) in [6, 6.07) is 11.3. The minimum atomic E-state index is -0.169. The molecule has 1 heterocycles. The third-order valence-electron chi connectivity index (χ3n) is 3.22. The maximum absolute atomic E-state index is 12.2. The molecule has 0 unspecified atom stereocenters. The number of nitrogens with zero attached hydrogens (tertiary/aromatic N) is 1. The van der Waals surface area contributed by atoms with Crippen LogP contribution < -0.4 is 5.32 Å². The minimum absolute atomic E-state index is 0.169. The van der Waals surface area contributed by atoms with Crippen LogP contribution >= 0.6 is 11.6 Å². The zero-order valence-electron chi connectivity index (χ0n) is 12.3. The molecule has 110 valence electrons. The van der Waals surface area contributed by atoms with Crippen molar-refractivity contribution in [3.63, 3.8) is 0 Å². The van der Waals surface area contributed by atoms with E-state index in [0.29, 0.717) is 10.7 Å². The van der Waals surface area contributed by atoms with Gasteiger partial charge in [0.25, 0.3) is 5.91 Å². The molecule has 0 saturated carbocycles. The molecule has 0 spiro atoms. The Labute approximate surface area is 130 Å². The number of aromatic nitrogens is 1. The van der Waals surface area contributed by atoms with Crippen molar-refractivity contribution in [3.05, 3.63) is 58.4 Å². The van der Waals surface area contributed by atoms with Gasteiger partial charge in [-0.05, 0) is 42.7 Å². The van der Waals surface area contributed by atoms with E-state index in [-0.39, 0.29) is 5.91 Å². The molecule has 1 aromatic heterocycles. The second-order valence-electron chi connectivity index (χ2n) is 4.92. The first-order chi connectivity index (χ1) is 10.1. The minimum Gasteiger partial charge on any atom is -0.322 e. The number of hydrogen-bond donors (Lipinski definition) is 1. The van der Waals surface area contributed by atoms with Crippen LogP contribution in [0.2, 0.25) is 5.15 Å². The molecule has 0 aliphatic heterocycles. The Morgan fingerprint density at radius 2 is 1.90 bits per heavy atom. The Kier molecular flexibility index (Phi) is 5.34. The first-order valence-corrected chi connectivity index (χ1v) is 7.57. The number of carbonyl (C=O) groups is 1. The summed E-state index contributed by atoms with van der Waals surface area (Å²) >= 11 is 5.94. The molecule has 0 atom stereocenters. The number of amides is 1. The summed E-state index contributed by atoms with van der Waals surface area (Å²) in [7, 11) is 0. The van der Waals surface area contributed by atoms with Gasteiger partial charge < -0.3 is 5.32 Å². The molecule has 0 fully saturated rings. The SMILES string of the molecule is CCCc1ccc(NC(=O)c2cc(Cl)nc(CC)c2)cc1. The molecular formula is C17H19ClN2O. The lowest BCUT2D eigenvalue weighted by atomic mass is 10.1. The number of aryl methyl sites for hydroxylation is 2. The first-order valence-electron chi connectivity index (χ1n) is 7.19. The molecule has 0 radical (unpaired) electrons. The van der Waals surface area contributed by atoms with Crippen molar-refractivity contribution < 1.29 is 4.79 Å². The predicted molar refractivity (Wildman–Crippen MR) is 87.0 cm³/mol. The molecule has 0 aliphatic carbocycles. The number of pyridine rings is 1. The normalized spacial score (nSPS) is 10.4. The van der Waals surface area contributed by atoms with Crippen LogP contribution in [0.5, 0.6) is 0 Å². The third-order valence-corrected chi connectivity index (χ3v) is 3.42. The van der Waals surface area contributed by atoms with Crippen LogP contribution in [0, 0.1) is 0 Å². The Morgan fingerprint density at radius 1 is 1.19 bits per heavy atom. The monoisotopic (exact) mass is 302 g/mol. The first kappa shape index (κ1) is 15.5. The zero-order valence-corrected chi connectivity index (χ0v) is 13.1. The summed E-state index contributed by atoms with van der Waals surface area (Å²) in [5, 5.41) is 3.23. The summed E-state index contributed by atoms with van der Waals surface area (Å²) in [5.41, 5.74) is 3.40. The number of rotatable bonds is 5. The Balaban J connectivity index is 2.12. The van der Waals surface area contributed by atoms with Crippen molar-refractivity contribution in [2.24, 2.45) is 0 Å². The van der Waals surface area contributed by atoms with E-state index < -0.39 is 0 Å². The van der Waals surface area contributed by atoms with E-state index in [1.165, 1.54) is 5.56 Å². The maximum Gasteiger partial charge on any atom is 0.255 e. The molecule has 21 heavy (non-hydrogen) atoms. The highest BCUT2D eigenvalue weighted by Gasteiger charge is 2.09. The van der Waals surface area contributed by atoms with E-state index in [9.17, 15) is 4.79 Å². The predicted octanol–water partition coefficient (Wildman–Crippen LogP) is 4.50. The number of nitrogens with one attached hydrogen (secondary N) is 1. The molecule has 3 nitrogen and oxygen atoms in total. The average molecular weight is 303 g/mol. The highest BCUT2D eigenvalue weighted by molar-refractivity contribution is 6.29. The van der Waals surface area contributed by atoms with Crippen LogP contribution in [0.15, 0.2) is 36.4 Å². The second-order valence-corrected chi connectivity index (χ2v) is 5.31.